The number of rotatable bonds is 3. The molecule has 5 heteroatoms. The van der Waals surface area contributed by atoms with Crippen molar-refractivity contribution < 1.29 is 13.6 Å². The zero-order valence-electron chi connectivity index (χ0n) is 7.42. The molecule has 1 aromatic heterocycles. The highest BCUT2D eigenvalue weighted by Crippen LogP contribution is 2.14. The summed E-state index contributed by atoms with van der Waals surface area (Å²) in [5.74, 6) is -2.98. The number of halogens is 2. The molecule has 1 heterocycles. The van der Waals surface area contributed by atoms with Crippen molar-refractivity contribution in [1.29, 1.82) is 0 Å². The van der Waals surface area contributed by atoms with E-state index in [0.29, 0.717) is 5.56 Å². The summed E-state index contributed by atoms with van der Waals surface area (Å²) in [7, 11) is 0. The van der Waals surface area contributed by atoms with Crippen molar-refractivity contribution in [3.63, 3.8) is 0 Å². The second kappa shape index (κ2) is 3.24. The van der Waals surface area contributed by atoms with Crippen LogP contribution in [0.15, 0.2) is 12.4 Å². The first-order chi connectivity index (χ1) is 5.88. The highest BCUT2D eigenvalue weighted by Gasteiger charge is 2.22. The standard InChI is InChI=1S/C8H10F2N2O/c1-6(13)7-3-11-12(4-7)5-8(2,9)10/h3-4H,5H2,1-2H3. The normalized spacial score (nSPS) is 11.7. The second-order valence-corrected chi connectivity index (χ2v) is 3.05. The molecule has 0 radical (unpaired) electrons. The summed E-state index contributed by atoms with van der Waals surface area (Å²) in [6, 6.07) is 0. The van der Waals surface area contributed by atoms with E-state index in [0.717, 1.165) is 11.6 Å². The van der Waals surface area contributed by atoms with Gasteiger partial charge in [0.25, 0.3) is 5.92 Å². The lowest BCUT2D eigenvalue weighted by Gasteiger charge is -2.08. The minimum Gasteiger partial charge on any atom is -0.294 e. The predicted octanol–water partition coefficient (Wildman–Crippen LogP) is 1.74. The topological polar surface area (TPSA) is 34.9 Å². The average Bonchev–Trinajstić information content (AvgIpc) is 2.31. The molecule has 0 saturated carbocycles. The Bertz CT molecular complexity index is 314. The van der Waals surface area contributed by atoms with E-state index in [4.69, 9.17) is 0 Å². The molecule has 0 fully saturated rings. The molecule has 0 saturated heterocycles. The fraction of sp³-hybridized carbons (Fsp3) is 0.500. The zero-order valence-corrected chi connectivity index (χ0v) is 7.42. The number of hydrogen-bond acceptors (Lipinski definition) is 2. The minimum absolute atomic E-state index is 0.175. The van der Waals surface area contributed by atoms with Crippen LogP contribution in [0.1, 0.15) is 24.2 Å². The van der Waals surface area contributed by atoms with Gasteiger partial charge in [0.05, 0.1) is 11.8 Å². The fourth-order valence-electron chi connectivity index (χ4n) is 0.916. The summed E-state index contributed by atoms with van der Waals surface area (Å²) in [5.41, 5.74) is 0.351. The van der Waals surface area contributed by atoms with Gasteiger partial charge in [-0.2, -0.15) is 5.10 Å². The van der Waals surface area contributed by atoms with E-state index < -0.39 is 12.5 Å². The first-order valence-electron chi connectivity index (χ1n) is 3.80. The van der Waals surface area contributed by atoms with E-state index in [-0.39, 0.29) is 5.78 Å². The van der Waals surface area contributed by atoms with E-state index in [9.17, 15) is 13.6 Å². The highest BCUT2D eigenvalue weighted by atomic mass is 19.3. The number of alkyl halides is 2. The van der Waals surface area contributed by atoms with Gasteiger partial charge in [-0.05, 0) is 6.92 Å². The van der Waals surface area contributed by atoms with E-state index in [1.165, 1.54) is 19.3 Å². The van der Waals surface area contributed by atoms with Crippen LogP contribution < -0.4 is 0 Å². The summed E-state index contributed by atoms with van der Waals surface area (Å²) in [6.07, 6.45) is 2.60. The Morgan fingerprint density at radius 2 is 2.31 bits per heavy atom. The van der Waals surface area contributed by atoms with Crippen LogP contribution in [0.2, 0.25) is 0 Å². The Morgan fingerprint density at radius 3 is 2.69 bits per heavy atom. The van der Waals surface area contributed by atoms with Crippen LogP contribution in [-0.4, -0.2) is 21.5 Å². The Morgan fingerprint density at radius 1 is 1.69 bits per heavy atom. The van der Waals surface area contributed by atoms with Crippen molar-refractivity contribution in [2.24, 2.45) is 0 Å². The van der Waals surface area contributed by atoms with E-state index in [1.807, 2.05) is 0 Å². The molecule has 72 valence electrons. The first-order valence-corrected chi connectivity index (χ1v) is 3.80. The van der Waals surface area contributed by atoms with Crippen LogP contribution >= 0.6 is 0 Å². The lowest BCUT2D eigenvalue weighted by atomic mass is 10.3. The third kappa shape index (κ3) is 2.93. The van der Waals surface area contributed by atoms with E-state index in [1.54, 1.807) is 0 Å². The molecular weight excluding hydrogens is 178 g/mol. The SMILES string of the molecule is CC(=O)c1cnn(CC(C)(F)F)c1. The Hall–Kier alpha value is -1.26. The number of hydrogen-bond donors (Lipinski definition) is 0. The first kappa shape index (κ1) is 9.83. The average molecular weight is 188 g/mol. The second-order valence-electron chi connectivity index (χ2n) is 3.05. The van der Waals surface area contributed by atoms with Gasteiger partial charge >= 0.3 is 0 Å². The van der Waals surface area contributed by atoms with Gasteiger partial charge < -0.3 is 0 Å². The van der Waals surface area contributed by atoms with Crippen molar-refractivity contribution in [3.8, 4) is 0 Å². The molecule has 0 unspecified atom stereocenters. The van der Waals surface area contributed by atoms with Gasteiger partial charge in [-0.1, -0.05) is 0 Å². The number of ketones is 1. The molecule has 0 bridgehead atoms. The number of carbonyl (C=O) groups excluding carboxylic acids is 1. The van der Waals surface area contributed by atoms with Gasteiger partial charge in [-0.15, -0.1) is 0 Å². The largest absolute Gasteiger partial charge is 0.294 e. The maximum atomic E-state index is 12.5. The number of aromatic nitrogens is 2. The van der Waals surface area contributed by atoms with Crippen molar-refractivity contribution in [2.45, 2.75) is 26.3 Å². The molecule has 3 nitrogen and oxygen atoms in total. The molecule has 1 rings (SSSR count). The van der Waals surface area contributed by atoms with Crippen LogP contribution in [0.25, 0.3) is 0 Å². The van der Waals surface area contributed by atoms with Crippen LogP contribution in [0.4, 0.5) is 8.78 Å². The van der Waals surface area contributed by atoms with E-state index >= 15 is 0 Å². The fourth-order valence-corrected chi connectivity index (χ4v) is 0.916. The molecular formula is C8H10F2N2O. The molecule has 0 aromatic carbocycles. The number of Topliss-reactive ketones (excluding diaryl/α,β-unsaturated/α-hetero) is 1. The quantitative estimate of drug-likeness (QED) is 0.677. The third-order valence-electron chi connectivity index (χ3n) is 1.48. The van der Waals surface area contributed by atoms with Crippen LogP contribution in [0.5, 0.6) is 0 Å². The smallest absolute Gasteiger partial charge is 0.264 e. The van der Waals surface area contributed by atoms with E-state index in [2.05, 4.69) is 5.10 Å². The molecule has 0 aliphatic rings. The number of carbonyl (C=O) groups is 1. The van der Waals surface area contributed by atoms with Gasteiger partial charge in [0, 0.05) is 13.1 Å². The molecule has 0 spiro atoms. The van der Waals surface area contributed by atoms with Crippen molar-refractivity contribution >= 4 is 5.78 Å². The summed E-state index contributed by atoms with van der Waals surface area (Å²) < 4.78 is 26.0. The lowest BCUT2D eigenvalue weighted by Crippen LogP contribution is -2.19. The maximum absolute atomic E-state index is 12.5. The molecule has 1 aromatic rings. The number of nitrogens with zero attached hydrogens (tertiary/aromatic N) is 2. The van der Waals surface area contributed by atoms with Gasteiger partial charge in [0.1, 0.15) is 6.54 Å². The molecule has 0 atom stereocenters. The summed E-state index contributed by atoms with van der Waals surface area (Å²) in [4.78, 5) is 10.8. The molecule has 0 N–H and O–H groups in total. The van der Waals surface area contributed by atoms with Crippen LogP contribution in [0, 0.1) is 0 Å². The minimum atomic E-state index is -2.81. The molecule has 0 aliphatic carbocycles. The van der Waals surface area contributed by atoms with Crippen molar-refractivity contribution in [2.75, 3.05) is 0 Å². The molecule has 0 aliphatic heterocycles. The summed E-state index contributed by atoms with van der Waals surface area (Å²) >= 11 is 0. The van der Waals surface area contributed by atoms with Crippen LogP contribution in [-0.2, 0) is 6.54 Å². The summed E-state index contributed by atoms with van der Waals surface area (Å²) in [5, 5.41) is 3.64. The van der Waals surface area contributed by atoms with Crippen molar-refractivity contribution in [1.82, 2.24) is 9.78 Å². The van der Waals surface area contributed by atoms with Crippen molar-refractivity contribution in [3.05, 3.63) is 18.0 Å². The monoisotopic (exact) mass is 188 g/mol. The Kier molecular flexibility index (Phi) is 2.45. The Labute approximate surface area is 74.4 Å². The lowest BCUT2D eigenvalue weighted by molar-refractivity contribution is 0.000555. The highest BCUT2D eigenvalue weighted by molar-refractivity contribution is 5.93. The molecule has 0 amide bonds. The Balaban J connectivity index is 2.75. The van der Waals surface area contributed by atoms with Gasteiger partial charge in [-0.25, -0.2) is 8.78 Å². The van der Waals surface area contributed by atoms with Gasteiger partial charge in [-0.3, -0.25) is 9.48 Å². The zero-order chi connectivity index (χ0) is 10.1. The van der Waals surface area contributed by atoms with Gasteiger partial charge in [0.15, 0.2) is 5.78 Å². The predicted molar refractivity (Wildman–Crippen MR) is 42.9 cm³/mol. The third-order valence-corrected chi connectivity index (χ3v) is 1.48. The summed E-state index contributed by atoms with van der Waals surface area (Å²) in [6.45, 7) is 1.67. The maximum Gasteiger partial charge on any atom is 0.264 e. The van der Waals surface area contributed by atoms with Crippen LogP contribution in [0.3, 0.4) is 0 Å². The molecule has 13 heavy (non-hydrogen) atoms. The van der Waals surface area contributed by atoms with Gasteiger partial charge in [0.2, 0.25) is 0 Å².